The van der Waals surface area contributed by atoms with Crippen LogP contribution in [0, 0.1) is 18.3 Å². The van der Waals surface area contributed by atoms with Gasteiger partial charge in [-0.25, -0.2) is 9.97 Å². The van der Waals surface area contributed by atoms with E-state index in [1.165, 1.54) is 6.42 Å². The molecule has 1 amide bonds. The van der Waals surface area contributed by atoms with Gasteiger partial charge >= 0.3 is 0 Å². The molecule has 1 aromatic heterocycles. The second-order valence-electron chi connectivity index (χ2n) is 6.59. The van der Waals surface area contributed by atoms with Gasteiger partial charge in [-0.2, -0.15) is 5.26 Å². The number of anilines is 1. The van der Waals surface area contributed by atoms with E-state index in [2.05, 4.69) is 20.9 Å². The molecule has 126 valence electrons. The van der Waals surface area contributed by atoms with Crippen molar-refractivity contribution in [3.63, 3.8) is 0 Å². The lowest BCUT2D eigenvalue weighted by molar-refractivity contribution is 0.0704. The predicted octanol–water partition coefficient (Wildman–Crippen LogP) is 2.58. The van der Waals surface area contributed by atoms with Gasteiger partial charge in [-0.1, -0.05) is 0 Å². The molecule has 2 aliphatic heterocycles. The Bertz CT molecular complexity index is 880. The number of nitrogens with zero attached hydrogens (tertiary/aromatic N) is 5. The molecule has 1 fully saturated rings. The van der Waals surface area contributed by atoms with E-state index in [0.717, 1.165) is 36.0 Å². The summed E-state index contributed by atoms with van der Waals surface area (Å²) >= 11 is 0. The van der Waals surface area contributed by atoms with E-state index >= 15 is 0 Å². The number of aromatic nitrogens is 2. The molecule has 6 heteroatoms. The van der Waals surface area contributed by atoms with E-state index in [-0.39, 0.29) is 11.9 Å². The molecule has 25 heavy (non-hydrogen) atoms. The lowest BCUT2D eigenvalue weighted by atomic mass is 10.1. The van der Waals surface area contributed by atoms with Gasteiger partial charge < -0.3 is 9.80 Å². The SMILES string of the molecule is Cc1nc2c(c(N3CCC3)n1)[C@@H](C)N(C(=O)c1ccc(C#N)cc1)C2. The van der Waals surface area contributed by atoms with E-state index < -0.39 is 0 Å². The number of nitriles is 1. The fourth-order valence-electron chi connectivity index (χ4n) is 3.50. The number of benzene rings is 1. The molecular weight excluding hydrogens is 314 g/mol. The highest BCUT2D eigenvalue weighted by molar-refractivity contribution is 5.95. The average Bonchev–Trinajstić information content (AvgIpc) is 2.89. The first kappa shape index (κ1) is 15.6. The Balaban J connectivity index is 1.66. The second kappa shape index (κ2) is 5.85. The molecule has 6 nitrogen and oxygen atoms in total. The summed E-state index contributed by atoms with van der Waals surface area (Å²) in [7, 11) is 0. The van der Waals surface area contributed by atoms with Gasteiger partial charge in [0, 0.05) is 24.2 Å². The summed E-state index contributed by atoms with van der Waals surface area (Å²) in [5.41, 5.74) is 3.17. The van der Waals surface area contributed by atoms with Crippen molar-refractivity contribution in [2.75, 3.05) is 18.0 Å². The average molecular weight is 333 g/mol. The highest BCUT2D eigenvalue weighted by atomic mass is 16.2. The third kappa shape index (κ3) is 2.52. The van der Waals surface area contributed by atoms with Crippen molar-refractivity contribution in [2.24, 2.45) is 0 Å². The Morgan fingerprint density at radius 2 is 1.96 bits per heavy atom. The van der Waals surface area contributed by atoms with Crippen LogP contribution in [0.15, 0.2) is 24.3 Å². The molecule has 1 saturated heterocycles. The van der Waals surface area contributed by atoms with Gasteiger partial charge in [-0.3, -0.25) is 4.79 Å². The number of fused-ring (bicyclic) bond motifs is 1. The number of carbonyl (C=O) groups is 1. The van der Waals surface area contributed by atoms with Crippen molar-refractivity contribution in [1.29, 1.82) is 5.26 Å². The standard InChI is InChI=1S/C19H19N5O/c1-12-17-16(21-13(2)22-18(17)23-8-3-9-23)11-24(12)19(25)15-6-4-14(10-20)5-7-15/h4-7,12H,3,8-9,11H2,1-2H3/t12-/m1/s1. The van der Waals surface area contributed by atoms with Gasteiger partial charge in [-0.15, -0.1) is 0 Å². The molecule has 0 radical (unpaired) electrons. The third-order valence-electron chi connectivity index (χ3n) is 5.00. The minimum absolute atomic E-state index is 0.0396. The van der Waals surface area contributed by atoms with Crippen molar-refractivity contribution in [2.45, 2.75) is 32.9 Å². The zero-order valence-electron chi connectivity index (χ0n) is 14.4. The van der Waals surface area contributed by atoms with Crippen LogP contribution in [0.2, 0.25) is 0 Å². The summed E-state index contributed by atoms with van der Waals surface area (Å²) in [5, 5.41) is 8.91. The molecule has 4 rings (SSSR count). The normalized spacial score (nSPS) is 18.5. The summed E-state index contributed by atoms with van der Waals surface area (Å²) in [5.74, 6) is 1.69. The molecule has 0 N–H and O–H groups in total. The van der Waals surface area contributed by atoms with Crippen LogP contribution in [-0.4, -0.2) is 33.9 Å². The summed E-state index contributed by atoms with van der Waals surface area (Å²) < 4.78 is 0. The van der Waals surface area contributed by atoms with Crippen molar-refractivity contribution >= 4 is 11.7 Å². The van der Waals surface area contributed by atoms with Crippen molar-refractivity contribution in [3.05, 3.63) is 52.5 Å². The fourth-order valence-corrected chi connectivity index (χ4v) is 3.50. The zero-order valence-corrected chi connectivity index (χ0v) is 14.4. The summed E-state index contributed by atoms with van der Waals surface area (Å²) in [6.45, 7) is 6.46. The second-order valence-corrected chi connectivity index (χ2v) is 6.59. The van der Waals surface area contributed by atoms with Crippen molar-refractivity contribution < 1.29 is 4.79 Å². The van der Waals surface area contributed by atoms with Crippen LogP contribution in [0.4, 0.5) is 5.82 Å². The first-order chi connectivity index (χ1) is 12.1. The molecule has 2 aromatic rings. The van der Waals surface area contributed by atoms with Crippen LogP contribution >= 0.6 is 0 Å². The van der Waals surface area contributed by atoms with E-state index in [1.807, 2.05) is 18.7 Å². The number of amides is 1. The molecular formula is C19H19N5O. The third-order valence-corrected chi connectivity index (χ3v) is 5.00. The van der Waals surface area contributed by atoms with Gasteiger partial charge in [0.05, 0.1) is 29.9 Å². The maximum atomic E-state index is 13.0. The van der Waals surface area contributed by atoms with E-state index in [9.17, 15) is 4.79 Å². The summed E-state index contributed by atoms with van der Waals surface area (Å²) in [6, 6.07) is 8.79. The lowest BCUT2D eigenvalue weighted by Gasteiger charge is -2.34. The van der Waals surface area contributed by atoms with Crippen molar-refractivity contribution in [1.82, 2.24) is 14.9 Å². The Hall–Kier alpha value is -2.94. The van der Waals surface area contributed by atoms with Crippen LogP contribution in [0.1, 0.15) is 52.4 Å². The van der Waals surface area contributed by atoms with Crippen LogP contribution < -0.4 is 4.90 Å². The van der Waals surface area contributed by atoms with Gasteiger partial charge in [-0.05, 0) is 44.5 Å². The van der Waals surface area contributed by atoms with Gasteiger partial charge in [0.2, 0.25) is 0 Å². The number of hydrogen-bond donors (Lipinski definition) is 0. The Morgan fingerprint density at radius 1 is 1.24 bits per heavy atom. The largest absolute Gasteiger partial charge is 0.356 e. The van der Waals surface area contributed by atoms with Crippen LogP contribution in [0.3, 0.4) is 0 Å². The van der Waals surface area contributed by atoms with E-state index in [1.54, 1.807) is 24.3 Å². The molecule has 1 atom stereocenters. The number of aryl methyl sites for hydroxylation is 1. The number of carbonyl (C=O) groups excluding carboxylic acids is 1. The van der Waals surface area contributed by atoms with Crippen LogP contribution in [-0.2, 0) is 6.54 Å². The van der Waals surface area contributed by atoms with E-state index in [4.69, 9.17) is 5.26 Å². The predicted molar refractivity (Wildman–Crippen MR) is 93.0 cm³/mol. The minimum Gasteiger partial charge on any atom is -0.356 e. The smallest absolute Gasteiger partial charge is 0.254 e. The molecule has 3 heterocycles. The highest BCUT2D eigenvalue weighted by Crippen LogP contribution is 2.39. The fraction of sp³-hybridized carbons (Fsp3) is 0.368. The zero-order chi connectivity index (χ0) is 17.6. The first-order valence-corrected chi connectivity index (χ1v) is 8.52. The quantitative estimate of drug-likeness (QED) is 0.844. The van der Waals surface area contributed by atoms with Gasteiger partial charge in [0.25, 0.3) is 5.91 Å². The Morgan fingerprint density at radius 3 is 2.56 bits per heavy atom. The maximum Gasteiger partial charge on any atom is 0.254 e. The van der Waals surface area contributed by atoms with E-state index in [0.29, 0.717) is 17.7 Å². The highest BCUT2D eigenvalue weighted by Gasteiger charge is 2.37. The lowest BCUT2D eigenvalue weighted by Crippen LogP contribution is -2.39. The van der Waals surface area contributed by atoms with Crippen LogP contribution in [0.5, 0.6) is 0 Å². The molecule has 0 spiro atoms. The Kier molecular flexibility index (Phi) is 3.65. The molecule has 2 aliphatic rings. The molecule has 0 saturated carbocycles. The van der Waals surface area contributed by atoms with Gasteiger partial charge in [0.15, 0.2) is 0 Å². The molecule has 0 aliphatic carbocycles. The minimum atomic E-state index is -0.0608. The first-order valence-electron chi connectivity index (χ1n) is 8.52. The van der Waals surface area contributed by atoms with Gasteiger partial charge in [0.1, 0.15) is 11.6 Å². The Labute approximate surface area is 146 Å². The van der Waals surface area contributed by atoms with Crippen molar-refractivity contribution in [3.8, 4) is 6.07 Å². The molecule has 0 bridgehead atoms. The number of hydrogen-bond acceptors (Lipinski definition) is 5. The summed E-state index contributed by atoms with van der Waals surface area (Å²) in [6.07, 6.45) is 1.18. The topological polar surface area (TPSA) is 73.1 Å². The van der Waals surface area contributed by atoms with Crippen LogP contribution in [0.25, 0.3) is 0 Å². The molecule has 1 aromatic carbocycles. The molecule has 0 unspecified atom stereocenters. The monoisotopic (exact) mass is 333 g/mol. The maximum absolute atomic E-state index is 13.0. The summed E-state index contributed by atoms with van der Waals surface area (Å²) in [4.78, 5) is 26.3. The number of rotatable bonds is 2.